The molecule has 0 unspecified atom stereocenters. The molecule has 58 valence electrons. The topological polar surface area (TPSA) is 33.7 Å². The molecule has 0 aromatic heterocycles. The first-order valence-corrected chi connectivity index (χ1v) is 3.70. The van der Waals surface area contributed by atoms with Crippen LogP contribution in [0.25, 0.3) is 0 Å². The standard InChI is InChI=1S/C6H12N2O2/c1-2-7-8(3-1)6-9-4-5-10-6/h6-7H,1-5H2. The van der Waals surface area contributed by atoms with Crippen LogP contribution in [-0.2, 0) is 9.47 Å². The molecule has 2 aliphatic heterocycles. The third-order valence-corrected chi connectivity index (χ3v) is 1.75. The van der Waals surface area contributed by atoms with Crippen LogP contribution in [0, 0.1) is 0 Å². The molecule has 0 bridgehead atoms. The number of nitrogens with one attached hydrogen (secondary N) is 1. The van der Waals surface area contributed by atoms with Gasteiger partial charge in [0.05, 0.1) is 13.2 Å². The summed E-state index contributed by atoms with van der Waals surface area (Å²) in [5.41, 5.74) is 3.18. The summed E-state index contributed by atoms with van der Waals surface area (Å²) in [4.78, 5) is 0. The lowest BCUT2D eigenvalue weighted by Gasteiger charge is -2.20. The van der Waals surface area contributed by atoms with Gasteiger partial charge in [0.1, 0.15) is 0 Å². The van der Waals surface area contributed by atoms with Crippen molar-refractivity contribution in [1.29, 1.82) is 0 Å². The molecule has 0 atom stereocenters. The lowest BCUT2D eigenvalue weighted by atomic mass is 10.5. The smallest absolute Gasteiger partial charge is 0.231 e. The molecule has 0 saturated carbocycles. The fourth-order valence-corrected chi connectivity index (χ4v) is 1.26. The van der Waals surface area contributed by atoms with E-state index in [0.29, 0.717) is 0 Å². The molecule has 2 saturated heterocycles. The monoisotopic (exact) mass is 144 g/mol. The molecule has 4 heteroatoms. The molecule has 4 nitrogen and oxygen atoms in total. The molecule has 2 fully saturated rings. The van der Waals surface area contributed by atoms with Crippen LogP contribution in [0.4, 0.5) is 0 Å². The Bertz CT molecular complexity index is 94.3. The van der Waals surface area contributed by atoms with E-state index in [1.165, 1.54) is 6.42 Å². The van der Waals surface area contributed by atoms with Gasteiger partial charge in [0, 0.05) is 13.1 Å². The van der Waals surface area contributed by atoms with Crippen molar-refractivity contribution in [2.24, 2.45) is 0 Å². The Kier molecular flexibility index (Phi) is 1.86. The fourth-order valence-electron chi connectivity index (χ4n) is 1.26. The number of hydrazine groups is 1. The maximum Gasteiger partial charge on any atom is 0.231 e. The van der Waals surface area contributed by atoms with E-state index in [-0.39, 0.29) is 6.41 Å². The first-order valence-electron chi connectivity index (χ1n) is 3.70. The number of rotatable bonds is 1. The molecule has 0 spiro atoms. The van der Waals surface area contributed by atoms with Crippen LogP contribution >= 0.6 is 0 Å². The fraction of sp³-hybridized carbons (Fsp3) is 1.00. The van der Waals surface area contributed by atoms with Crippen LogP contribution in [0.1, 0.15) is 6.42 Å². The molecular weight excluding hydrogens is 132 g/mol. The van der Waals surface area contributed by atoms with Crippen molar-refractivity contribution in [3.05, 3.63) is 0 Å². The largest absolute Gasteiger partial charge is 0.336 e. The molecule has 0 amide bonds. The van der Waals surface area contributed by atoms with Crippen molar-refractivity contribution in [1.82, 2.24) is 10.4 Å². The van der Waals surface area contributed by atoms with Crippen LogP contribution < -0.4 is 5.43 Å². The summed E-state index contributed by atoms with van der Waals surface area (Å²) in [5.74, 6) is 0. The SMILES string of the molecule is C1CNN(C2OCCO2)C1. The zero-order chi connectivity index (χ0) is 6.81. The summed E-state index contributed by atoms with van der Waals surface area (Å²) in [6.45, 7) is 3.53. The molecule has 2 rings (SSSR count). The molecule has 1 N–H and O–H groups in total. The molecule has 0 radical (unpaired) electrons. The van der Waals surface area contributed by atoms with E-state index in [2.05, 4.69) is 5.43 Å². The van der Waals surface area contributed by atoms with Gasteiger partial charge in [0.25, 0.3) is 0 Å². The van der Waals surface area contributed by atoms with Gasteiger partial charge in [-0.3, -0.25) is 5.43 Å². The lowest BCUT2D eigenvalue weighted by Crippen LogP contribution is -2.41. The van der Waals surface area contributed by atoms with Crippen molar-refractivity contribution >= 4 is 0 Å². The molecule has 0 aliphatic carbocycles. The molecule has 10 heavy (non-hydrogen) atoms. The minimum absolute atomic E-state index is 0.123. The Morgan fingerprint density at radius 2 is 2.10 bits per heavy atom. The third-order valence-electron chi connectivity index (χ3n) is 1.75. The Labute approximate surface area is 60.1 Å². The number of hydrogen-bond donors (Lipinski definition) is 1. The van der Waals surface area contributed by atoms with Crippen LogP contribution in [0.15, 0.2) is 0 Å². The second-order valence-electron chi connectivity index (χ2n) is 2.50. The van der Waals surface area contributed by atoms with E-state index in [1.54, 1.807) is 0 Å². The average molecular weight is 144 g/mol. The van der Waals surface area contributed by atoms with Crippen molar-refractivity contribution in [2.45, 2.75) is 12.8 Å². The Morgan fingerprint density at radius 3 is 2.70 bits per heavy atom. The van der Waals surface area contributed by atoms with Gasteiger partial charge < -0.3 is 9.47 Å². The zero-order valence-electron chi connectivity index (χ0n) is 5.88. The van der Waals surface area contributed by atoms with Crippen molar-refractivity contribution in [3.8, 4) is 0 Å². The number of ether oxygens (including phenoxy) is 2. The van der Waals surface area contributed by atoms with Crippen LogP contribution in [0.2, 0.25) is 0 Å². The Hall–Kier alpha value is -0.160. The lowest BCUT2D eigenvalue weighted by molar-refractivity contribution is -0.161. The first-order chi connectivity index (χ1) is 4.97. The zero-order valence-corrected chi connectivity index (χ0v) is 5.88. The average Bonchev–Trinajstić information content (AvgIpc) is 2.59. The quantitative estimate of drug-likeness (QED) is 0.539. The van der Waals surface area contributed by atoms with Gasteiger partial charge in [-0.05, 0) is 6.42 Å². The van der Waals surface area contributed by atoms with Gasteiger partial charge in [-0.15, -0.1) is 0 Å². The van der Waals surface area contributed by atoms with E-state index >= 15 is 0 Å². The van der Waals surface area contributed by atoms with Gasteiger partial charge in [-0.2, -0.15) is 5.01 Å². The van der Waals surface area contributed by atoms with Gasteiger partial charge in [0.2, 0.25) is 6.41 Å². The van der Waals surface area contributed by atoms with E-state index in [4.69, 9.17) is 9.47 Å². The van der Waals surface area contributed by atoms with Crippen molar-refractivity contribution < 1.29 is 9.47 Å². The maximum absolute atomic E-state index is 5.28. The number of hydrogen-bond acceptors (Lipinski definition) is 4. The van der Waals surface area contributed by atoms with E-state index < -0.39 is 0 Å². The highest BCUT2D eigenvalue weighted by Gasteiger charge is 2.25. The van der Waals surface area contributed by atoms with Gasteiger partial charge in [0.15, 0.2) is 0 Å². The molecule has 0 aromatic rings. The van der Waals surface area contributed by atoms with Crippen molar-refractivity contribution in [3.63, 3.8) is 0 Å². The summed E-state index contributed by atoms with van der Waals surface area (Å²) in [6.07, 6.45) is 1.06. The van der Waals surface area contributed by atoms with Crippen LogP contribution in [0.5, 0.6) is 0 Å². The highest BCUT2D eigenvalue weighted by atomic mass is 16.7. The summed E-state index contributed by atoms with van der Waals surface area (Å²) in [7, 11) is 0. The minimum atomic E-state index is -0.123. The third kappa shape index (κ3) is 1.15. The second kappa shape index (κ2) is 2.84. The minimum Gasteiger partial charge on any atom is -0.336 e. The van der Waals surface area contributed by atoms with E-state index in [9.17, 15) is 0 Å². The Balaban J connectivity index is 1.85. The number of nitrogens with zero attached hydrogens (tertiary/aromatic N) is 1. The summed E-state index contributed by atoms with van der Waals surface area (Å²) < 4.78 is 10.6. The summed E-state index contributed by atoms with van der Waals surface area (Å²) in [6, 6.07) is 0. The van der Waals surface area contributed by atoms with Gasteiger partial charge >= 0.3 is 0 Å². The molecular formula is C6H12N2O2. The van der Waals surface area contributed by atoms with E-state index in [0.717, 1.165) is 26.3 Å². The van der Waals surface area contributed by atoms with Gasteiger partial charge in [-0.25, -0.2) is 0 Å². The molecule has 2 heterocycles. The first kappa shape index (κ1) is 6.54. The normalized spacial score (nSPS) is 30.0. The second-order valence-corrected chi connectivity index (χ2v) is 2.50. The van der Waals surface area contributed by atoms with Gasteiger partial charge in [-0.1, -0.05) is 0 Å². The van der Waals surface area contributed by atoms with Crippen LogP contribution in [-0.4, -0.2) is 37.7 Å². The van der Waals surface area contributed by atoms with Crippen molar-refractivity contribution in [2.75, 3.05) is 26.3 Å². The molecule has 0 aromatic carbocycles. The molecule has 2 aliphatic rings. The highest BCUT2D eigenvalue weighted by molar-refractivity contribution is 4.62. The highest BCUT2D eigenvalue weighted by Crippen LogP contribution is 2.10. The predicted octanol–water partition coefficient (Wildman–Crippen LogP) is -0.473. The Morgan fingerprint density at radius 1 is 1.30 bits per heavy atom. The van der Waals surface area contributed by atoms with E-state index in [1.807, 2.05) is 5.01 Å². The maximum atomic E-state index is 5.28. The summed E-state index contributed by atoms with van der Waals surface area (Å²) >= 11 is 0. The predicted molar refractivity (Wildman–Crippen MR) is 35.0 cm³/mol. The summed E-state index contributed by atoms with van der Waals surface area (Å²) in [5, 5.41) is 2.01. The van der Waals surface area contributed by atoms with Crippen LogP contribution in [0.3, 0.4) is 0 Å².